The van der Waals surface area contributed by atoms with Gasteiger partial charge in [0, 0.05) is 13.5 Å². The molecule has 0 aromatic rings. The molecule has 4 nitrogen and oxygen atoms in total. The lowest BCUT2D eigenvalue weighted by Crippen LogP contribution is -2.39. The minimum Gasteiger partial charge on any atom is -0.322 e. The summed E-state index contributed by atoms with van der Waals surface area (Å²) in [6.45, 7) is 4.81. The second kappa shape index (κ2) is 4.62. The first-order chi connectivity index (χ1) is 5.13. The van der Waals surface area contributed by atoms with E-state index in [0.29, 0.717) is 0 Å². The van der Waals surface area contributed by atoms with Crippen molar-refractivity contribution in [2.75, 3.05) is 13.1 Å². The molecule has 0 aliphatic heterocycles. The SMILES string of the molecule is C=CCN(C(C)=O)C(=O)CN. The molecule has 2 amide bonds. The van der Waals surface area contributed by atoms with Gasteiger partial charge in [-0.15, -0.1) is 6.58 Å². The molecule has 0 aliphatic carbocycles. The summed E-state index contributed by atoms with van der Waals surface area (Å²) in [5, 5.41) is 0. The number of nitrogens with two attached hydrogens (primary N) is 1. The van der Waals surface area contributed by atoms with Crippen LogP contribution < -0.4 is 5.73 Å². The number of rotatable bonds is 3. The van der Waals surface area contributed by atoms with Crippen LogP contribution >= 0.6 is 0 Å². The average Bonchev–Trinajstić information content (AvgIpc) is 1.98. The summed E-state index contributed by atoms with van der Waals surface area (Å²) in [5.41, 5.74) is 5.06. The van der Waals surface area contributed by atoms with E-state index >= 15 is 0 Å². The van der Waals surface area contributed by atoms with Crippen molar-refractivity contribution in [3.05, 3.63) is 12.7 Å². The van der Waals surface area contributed by atoms with E-state index in [0.717, 1.165) is 4.90 Å². The maximum atomic E-state index is 10.9. The third-order valence-corrected chi connectivity index (χ3v) is 1.17. The van der Waals surface area contributed by atoms with Gasteiger partial charge in [0.25, 0.3) is 0 Å². The van der Waals surface area contributed by atoms with Crippen LogP contribution in [-0.4, -0.2) is 29.8 Å². The van der Waals surface area contributed by atoms with Crippen LogP contribution in [0.15, 0.2) is 12.7 Å². The molecule has 0 saturated carbocycles. The van der Waals surface area contributed by atoms with Crippen molar-refractivity contribution in [3.63, 3.8) is 0 Å². The summed E-state index contributed by atoms with van der Waals surface area (Å²) in [4.78, 5) is 22.7. The van der Waals surface area contributed by atoms with Gasteiger partial charge in [-0.25, -0.2) is 0 Å². The Balaban J connectivity index is 4.20. The molecule has 0 rings (SSSR count). The summed E-state index contributed by atoms with van der Waals surface area (Å²) >= 11 is 0. The second-order valence-corrected chi connectivity index (χ2v) is 2.02. The molecule has 0 aromatic carbocycles. The normalized spacial score (nSPS) is 8.91. The Hall–Kier alpha value is -1.16. The largest absolute Gasteiger partial charge is 0.322 e. The van der Waals surface area contributed by atoms with Gasteiger partial charge in [0.2, 0.25) is 11.8 Å². The van der Waals surface area contributed by atoms with E-state index in [9.17, 15) is 9.59 Å². The summed E-state index contributed by atoms with van der Waals surface area (Å²) < 4.78 is 0. The van der Waals surface area contributed by atoms with E-state index in [1.165, 1.54) is 13.0 Å². The maximum absolute atomic E-state index is 10.9. The number of carbonyl (C=O) groups is 2. The van der Waals surface area contributed by atoms with Gasteiger partial charge in [-0.05, 0) is 0 Å². The van der Waals surface area contributed by atoms with E-state index in [1.807, 2.05) is 0 Å². The Kier molecular flexibility index (Phi) is 4.14. The molecule has 0 aliphatic rings. The molecule has 0 heterocycles. The van der Waals surface area contributed by atoms with E-state index in [-0.39, 0.29) is 24.9 Å². The van der Waals surface area contributed by atoms with E-state index in [2.05, 4.69) is 6.58 Å². The van der Waals surface area contributed by atoms with Gasteiger partial charge in [-0.2, -0.15) is 0 Å². The molecule has 0 atom stereocenters. The van der Waals surface area contributed by atoms with Crippen LogP contribution in [0.2, 0.25) is 0 Å². The van der Waals surface area contributed by atoms with Gasteiger partial charge in [0.05, 0.1) is 6.54 Å². The first kappa shape index (κ1) is 9.84. The lowest BCUT2D eigenvalue weighted by molar-refractivity contribution is -0.141. The van der Waals surface area contributed by atoms with Crippen LogP contribution in [0.25, 0.3) is 0 Å². The molecule has 0 bridgehead atoms. The molecule has 0 fully saturated rings. The van der Waals surface area contributed by atoms with E-state index in [1.54, 1.807) is 0 Å². The smallest absolute Gasteiger partial charge is 0.243 e. The van der Waals surface area contributed by atoms with Crippen molar-refractivity contribution < 1.29 is 9.59 Å². The second-order valence-electron chi connectivity index (χ2n) is 2.02. The Labute approximate surface area is 65.7 Å². The third-order valence-electron chi connectivity index (χ3n) is 1.17. The number of nitrogens with zero attached hydrogens (tertiary/aromatic N) is 1. The zero-order valence-corrected chi connectivity index (χ0v) is 6.54. The number of hydrogen-bond donors (Lipinski definition) is 1. The van der Waals surface area contributed by atoms with Crippen LogP contribution in [0, 0.1) is 0 Å². The fourth-order valence-electron chi connectivity index (χ4n) is 0.645. The van der Waals surface area contributed by atoms with Crippen LogP contribution in [0.4, 0.5) is 0 Å². The number of amides is 2. The standard InChI is InChI=1S/C7H12N2O2/c1-3-4-9(6(2)10)7(11)5-8/h3H,1,4-5,8H2,2H3. The molecule has 4 heteroatoms. The van der Waals surface area contributed by atoms with E-state index in [4.69, 9.17) is 5.73 Å². The van der Waals surface area contributed by atoms with Gasteiger partial charge in [0.1, 0.15) is 0 Å². The number of carbonyl (C=O) groups excluding carboxylic acids is 2. The molecule has 11 heavy (non-hydrogen) atoms. The first-order valence-electron chi connectivity index (χ1n) is 3.25. The molecule has 0 spiro atoms. The van der Waals surface area contributed by atoms with Crippen LogP contribution in [0.3, 0.4) is 0 Å². The fraction of sp³-hybridized carbons (Fsp3) is 0.429. The van der Waals surface area contributed by atoms with Gasteiger partial charge >= 0.3 is 0 Å². The first-order valence-corrected chi connectivity index (χ1v) is 3.25. The van der Waals surface area contributed by atoms with Crippen molar-refractivity contribution in [2.24, 2.45) is 5.73 Å². The minimum atomic E-state index is -0.377. The molecule has 0 radical (unpaired) electrons. The van der Waals surface area contributed by atoms with Gasteiger partial charge in [-0.1, -0.05) is 6.08 Å². The Bertz CT molecular complexity index is 177. The van der Waals surface area contributed by atoms with Crippen molar-refractivity contribution in [3.8, 4) is 0 Å². The topological polar surface area (TPSA) is 63.4 Å². The predicted molar refractivity (Wildman–Crippen MR) is 41.6 cm³/mol. The Morgan fingerprint density at radius 3 is 2.45 bits per heavy atom. The summed E-state index contributed by atoms with van der Waals surface area (Å²) in [6.07, 6.45) is 1.48. The summed E-state index contributed by atoms with van der Waals surface area (Å²) in [7, 11) is 0. The highest BCUT2D eigenvalue weighted by molar-refractivity contribution is 5.95. The number of hydrogen-bond acceptors (Lipinski definition) is 3. The molecular weight excluding hydrogens is 144 g/mol. The zero-order chi connectivity index (χ0) is 8.85. The Morgan fingerprint density at radius 1 is 1.64 bits per heavy atom. The molecule has 0 saturated heterocycles. The van der Waals surface area contributed by atoms with Crippen LogP contribution in [0.5, 0.6) is 0 Å². The molecule has 62 valence electrons. The van der Waals surface area contributed by atoms with Gasteiger partial charge in [0.15, 0.2) is 0 Å². The highest BCUT2D eigenvalue weighted by Gasteiger charge is 2.13. The van der Waals surface area contributed by atoms with Crippen molar-refractivity contribution in [1.82, 2.24) is 4.90 Å². The fourth-order valence-corrected chi connectivity index (χ4v) is 0.645. The number of imide groups is 1. The third kappa shape index (κ3) is 2.95. The average molecular weight is 156 g/mol. The van der Waals surface area contributed by atoms with Gasteiger partial charge < -0.3 is 5.73 Å². The van der Waals surface area contributed by atoms with E-state index < -0.39 is 0 Å². The molecule has 0 unspecified atom stereocenters. The minimum absolute atomic E-state index is 0.145. The molecular formula is C7H12N2O2. The summed E-state index contributed by atoms with van der Waals surface area (Å²) in [6, 6.07) is 0. The lowest BCUT2D eigenvalue weighted by Gasteiger charge is -2.15. The van der Waals surface area contributed by atoms with Gasteiger partial charge in [-0.3, -0.25) is 14.5 Å². The summed E-state index contributed by atoms with van der Waals surface area (Å²) in [5.74, 6) is -0.683. The van der Waals surface area contributed by atoms with Crippen LogP contribution in [0.1, 0.15) is 6.92 Å². The highest BCUT2D eigenvalue weighted by atomic mass is 16.2. The Morgan fingerprint density at radius 2 is 2.18 bits per heavy atom. The maximum Gasteiger partial charge on any atom is 0.243 e. The van der Waals surface area contributed by atoms with Crippen molar-refractivity contribution in [1.29, 1.82) is 0 Å². The lowest BCUT2D eigenvalue weighted by atomic mass is 10.4. The monoisotopic (exact) mass is 156 g/mol. The van der Waals surface area contributed by atoms with Crippen molar-refractivity contribution >= 4 is 11.8 Å². The van der Waals surface area contributed by atoms with Crippen LogP contribution in [-0.2, 0) is 9.59 Å². The zero-order valence-electron chi connectivity index (χ0n) is 6.54. The molecule has 0 aromatic heterocycles. The molecule has 2 N–H and O–H groups in total. The highest BCUT2D eigenvalue weighted by Crippen LogP contribution is 1.89. The predicted octanol–water partition coefficient (Wildman–Crippen LogP) is -0.494. The quantitative estimate of drug-likeness (QED) is 0.560. The van der Waals surface area contributed by atoms with Crippen molar-refractivity contribution in [2.45, 2.75) is 6.92 Å².